The Morgan fingerprint density at radius 1 is 1.24 bits per heavy atom. The molecule has 0 fully saturated rings. The summed E-state index contributed by atoms with van der Waals surface area (Å²) in [6.45, 7) is 6.29. The van der Waals surface area contributed by atoms with E-state index in [4.69, 9.17) is 0 Å². The highest BCUT2D eigenvalue weighted by molar-refractivity contribution is 7.11. The van der Waals surface area contributed by atoms with Gasteiger partial charge in [-0.15, -0.1) is 11.3 Å². The zero-order chi connectivity index (χ0) is 14.8. The van der Waals surface area contributed by atoms with Crippen molar-refractivity contribution in [2.45, 2.75) is 26.8 Å². The van der Waals surface area contributed by atoms with E-state index in [9.17, 15) is 0 Å². The maximum Gasteiger partial charge on any atom is 0.0992 e. The Bertz CT molecular complexity index is 731. The van der Waals surface area contributed by atoms with Gasteiger partial charge in [-0.05, 0) is 32.9 Å². The molecule has 5 heteroatoms. The number of nitrogens with one attached hydrogen (secondary N) is 1. The molecule has 0 bridgehead atoms. The summed E-state index contributed by atoms with van der Waals surface area (Å²) in [6, 6.07) is 8.48. The molecule has 1 N–H and O–H groups in total. The SMILES string of the molecule is Cc1nc(C)c(C(C)Nc2ccccc2-n2ccnc2)s1. The third-order valence-corrected chi connectivity index (χ3v) is 4.65. The van der Waals surface area contributed by atoms with Gasteiger partial charge in [0.15, 0.2) is 0 Å². The highest BCUT2D eigenvalue weighted by Crippen LogP contribution is 2.29. The molecule has 0 spiro atoms. The summed E-state index contributed by atoms with van der Waals surface area (Å²) in [5, 5.41) is 4.70. The van der Waals surface area contributed by atoms with E-state index in [2.05, 4.69) is 41.3 Å². The van der Waals surface area contributed by atoms with E-state index in [-0.39, 0.29) is 6.04 Å². The minimum Gasteiger partial charge on any atom is -0.376 e. The van der Waals surface area contributed by atoms with Crippen molar-refractivity contribution in [3.05, 3.63) is 58.6 Å². The molecule has 1 atom stereocenters. The molecule has 0 aliphatic heterocycles. The minimum absolute atomic E-state index is 0.223. The molecule has 108 valence electrons. The van der Waals surface area contributed by atoms with Crippen molar-refractivity contribution in [2.24, 2.45) is 0 Å². The molecule has 3 aromatic rings. The average molecular weight is 298 g/mol. The number of hydrogen-bond acceptors (Lipinski definition) is 4. The Morgan fingerprint density at radius 3 is 2.71 bits per heavy atom. The summed E-state index contributed by atoms with van der Waals surface area (Å²) in [7, 11) is 0. The minimum atomic E-state index is 0.223. The van der Waals surface area contributed by atoms with Gasteiger partial charge in [0.1, 0.15) is 0 Å². The predicted molar refractivity (Wildman–Crippen MR) is 87.2 cm³/mol. The van der Waals surface area contributed by atoms with E-state index in [0.717, 1.165) is 22.1 Å². The molecule has 0 radical (unpaired) electrons. The van der Waals surface area contributed by atoms with Crippen LogP contribution in [0.4, 0.5) is 5.69 Å². The highest BCUT2D eigenvalue weighted by Gasteiger charge is 2.14. The van der Waals surface area contributed by atoms with Crippen LogP contribution >= 0.6 is 11.3 Å². The molecule has 2 aromatic heterocycles. The number of imidazole rings is 1. The standard InChI is InChI=1S/C16H18N4S/c1-11-16(21-13(3)18-11)12(2)19-14-6-4-5-7-15(14)20-9-8-17-10-20/h4-10,12,19H,1-3H3. The van der Waals surface area contributed by atoms with E-state index >= 15 is 0 Å². The number of anilines is 1. The number of para-hydroxylation sites is 2. The zero-order valence-electron chi connectivity index (χ0n) is 12.4. The largest absolute Gasteiger partial charge is 0.376 e. The van der Waals surface area contributed by atoms with Crippen LogP contribution < -0.4 is 5.32 Å². The first-order valence-electron chi connectivity index (χ1n) is 6.93. The van der Waals surface area contributed by atoms with Crippen molar-refractivity contribution in [3.63, 3.8) is 0 Å². The van der Waals surface area contributed by atoms with Gasteiger partial charge in [-0.3, -0.25) is 0 Å². The molecular weight excluding hydrogens is 280 g/mol. The van der Waals surface area contributed by atoms with E-state index < -0.39 is 0 Å². The van der Waals surface area contributed by atoms with Gasteiger partial charge in [0, 0.05) is 17.3 Å². The Labute approximate surface area is 128 Å². The topological polar surface area (TPSA) is 42.7 Å². The first-order chi connectivity index (χ1) is 10.1. The van der Waals surface area contributed by atoms with Crippen LogP contribution in [0.2, 0.25) is 0 Å². The summed E-state index contributed by atoms with van der Waals surface area (Å²) in [4.78, 5) is 9.92. The van der Waals surface area contributed by atoms with E-state index in [1.165, 1.54) is 4.88 Å². The summed E-state index contributed by atoms with van der Waals surface area (Å²) in [5.74, 6) is 0. The van der Waals surface area contributed by atoms with Gasteiger partial charge in [0.05, 0.1) is 34.4 Å². The van der Waals surface area contributed by atoms with Crippen LogP contribution in [0, 0.1) is 13.8 Å². The number of thiazole rings is 1. The lowest BCUT2D eigenvalue weighted by Gasteiger charge is -2.17. The second kappa shape index (κ2) is 5.69. The fraction of sp³-hybridized carbons (Fsp3) is 0.250. The summed E-state index contributed by atoms with van der Waals surface area (Å²) < 4.78 is 2.01. The predicted octanol–water partition coefficient (Wildman–Crippen LogP) is 4.12. The fourth-order valence-electron chi connectivity index (χ4n) is 2.47. The third-order valence-electron chi connectivity index (χ3n) is 3.39. The van der Waals surface area contributed by atoms with Crippen molar-refractivity contribution < 1.29 is 0 Å². The molecule has 21 heavy (non-hydrogen) atoms. The molecular formula is C16H18N4S. The van der Waals surface area contributed by atoms with Crippen molar-refractivity contribution in [1.29, 1.82) is 0 Å². The molecule has 0 aliphatic carbocycles. The van der Waals surface area contributed by atoms with E-state index in [0.29, 0.717) is 0 Å². The van der Waals surface area contributed by atoms with Crippen LogP contribution in [0.25, 0.3) is 5.69 Å². The van der Waals surface area contributed by atoms with Crippen molar-refractivity contribution >= 4 is 17.0 Å². The summed E-state index contributed by atoms with van der Waals surface area (Å²) >= 11 is 1.75. The number of rotatable bonds is 4. The van der Waals surface area contributed by atoms with Crippen LogP contribution in [0.15, 0.2) is 43.0 Å². The second-order valence-electron chi connectivity index (χ2n) is 5.04. The van der Waals surface area contributed by atoms with Gasteiger partial charge in [-0.25, -0.2) is 9.97 Å². The van der Waals surface area contributed by atoms with Crippen molar-refractivity contribution in [3.8, 4) is 5.69 Å². The highest BCUT2D eigenvalue weighted by atomic mass is 32.1. The average Bonchev–Trinajstić information content (AvgIpc) is 3.09. The Hall–Kier alpha value is -2.14. The number of hydrogen-bond donors (Lipinski definition) is 1. The van der Waals surface area contributed by atoms with E-state index in [1.54, 1.807) is 17.5 Å². The number of nitrogens with zero attached hydrogens (tertiary/aromatic N) is 3. The van der Waals surface area contributed by atoms with Crippen LogP contribution in [0.1, 0.15) is 28.5 Å². The molecule has 0 amide bonds. The molecule has 0 saturated heterocycles. The van der Waals surface area contributed by atoms with Crippen LogP contribution in [-0.4, -0.2) is 14.5 Å². The van der Waals surface area contributed by atoms with Crippen molar-refractivity contribution in [1.82, 2.24) is 14.5 Å². The lowest BCUT2D eigenvalue weighted by molar-refractivity contribution is 0.884. The van der Waals surface area contributed by atoms with Crippen LogP contribution in [-0.2, 0) is 0 Å². The monoisotopic (exact) mass is 298 g/mol. The second-order valence-corrected chi connectivity index (χ2v) is 6.27. The Balaban J connectivity index is 1.90. The molecule has 0 saturated carbocycles. The molecule has 4 nitrogen and oxygen atoms in total. The third kappa shape index (κ3) is 2.83. The van der Waals surface area contributed by atoms with E-state index in [1.807, 2.05) is 36.1 Å². The van der Waals surface area contributed by atoms with Crippen molar-refractivity contribution in [2.75, 3.05) is 5.32 Å². The first-order valence-corrected chi connectivity index (χ1v) is 7.74. The lowest BCUT2D eigenvalue weighted by atomic mass is 10.2. The molecule has 1 aromatic carbocycles. The quantitative estimate of drug-likeness (QED) is 0.788. The number of aromatic nitrogens is 3. The maximum atomic E-state index is 4.51. The molecule has 2 heterocycles. The van der Waals surface area contributed by atoms with Crippen LogP contribution in [0.5, 0.6) is 0 Å². The molecule has 1 unspecified atom stereocenters. The Kier molecular flexibility index (Phi) is 3.75. The maximum absolute atomic E-state index is 4.51. The smallest absolute Gasteiger partial charge is 0.0992 e. The number of aryl methyl sites for hydroxylation is 2. The number of benzene rings is 1. The molecule has 3 rings (SSSR count). The summed E-state index contributed by atoms with van der Waals surface area (Å²) in [6.07, 6.45) is 5.55. The van der Waals surface area contributed by atoms with Gasteiger partial charge in [-0.2, -0.15) is 0 Å². The molecule has 0 aliphatic rings. The van der Waals surface area contributed by atoms with Gasteiger partial charge in [-0.1, -0.05) is 12.1 Å². The lowest BCUT2D eigenvalue weighted by Crippen LogP contribution is -2.08. The van der Waals surface area contributed by atoms with Gasteiger partial charge >= 0.3 is 0 Å². The van der Waals surface area contributed by atoms with Gasteiger partial charge in [0.2, 0.25) is 0 Å². The first kappa shape index (κ1) is 13.8. The zero-order valence-corrected chi connectivity index (χ0v) is 13.2. The van der Waals surface area contributed by atoms with Gasteiger partial charge in [0.25, 0.3) is 0 Å². The summed E-state index contributed by atoms with van der Waals surface area (Å²) in [5.41, 5.74) is 3.30. The Morgan fingerprint density at radius 2 is 2.05 bits per heavy atom. The van der Waals surface area contributed by atoms with Crippen LogP contribution in [0.3, 0.4) is 0 Å². The van der Waals surface area contributed by atoms with Gasteiger partial charge < -0.3 is 9.88 Å². The normalized spacial score (nSPS) is 12.3. The fourth-order valence-corrected chi connectivity index (χ4v) is 3.40.